The van der Waals surface area contributed by atoms with E-state index in [-0.39, 0.29) is 0 Å². The highest BCUT2D eigenvalue weighted by Crippen LogP contribution is 2.16. The van der Waals surface area contributed by atoms with Crippen LogP contribution in [0.2, 0.25) is 0 Å². The van der Waals surface area contributed by atoms with E-state index in [0.29, 0.717) is 4.90 Å². The number of hydrogen-bond donors (Lipinski definition) is 1. The number of aromatic nitrogens is 3. The van der Waals surface area contributed by atoms with Gasteiger partial charge in [-0.05, 0) is 30.7 Å². The number of sulfonamides is 1. The van der Waals surface area contributed by atoms with Gasteiger partial charge in [0.25, 0.3) is 0 Å². The molecule has 2 aromatic rings. The van der Waals surface area contributed by atoms with Crippen molar-refractivity contribution >= 4 is 15.7 Å². The van der Waals surface area contributed by atoms with Crippen molar-refractivity contribution in [3.8, 4) is 0 Å². The van der Waals surface area contributed by atoms with Gasteiger partial charge in [-0.15, -0.1) is 5.10 Å². The number of nitrogens with one attached hydrogen (secondary N) is 1. The molecular weight excluding hydrogens is 290 g/mol. The van der Waals surface area contributed by atoms with Crippen LogP contribution in [-0.2, 0) is 16.6 Å². The van der Waals surface area contributed by atoms with E-state index in [4.69, 9.17) is 0 Å². The third kappa shape index (κ3) is 4.02. The highest BCUT2D eigenvalue weighted by atomic mass is 32.2. The lowest BCUT2D eigenvalue weighted by Crippen LogP contribution is -2.22. The second-order valence-corrected chi connectivity index (χ2v) is 6.91. The van der Waals surface area contributed by atoms with Crippen LogP contribution in [0.4, 0.5) is 5.69 Å². The Morgan fingerprint density at radius 1 is 1.24 bits per heavy atom. The van der Waals surface area contributed by atoms with Crippen LogP contribution in [0.1, 0.15) is 6.42 Å². The van der Waals surface area contributed by atoms with E-state index in [0.717, 1.165) is 25.2 Å². The van der Waals surface area contributed by atoms with Gasteiger partial charge < -0.3 is 5.32 Å². The molecule has 0 radical (unpaired) electrons. The minimum atomic E-state index is -3.36. The SMILES string of the molecule is CN(C)S(=O)(=O)c1ccc(NCCCn2ccnn2)cc1. The smallest absolute Gasteiger partial charge is 0.242 e. The van der Waals surface area contributed by atoms with Gasteiger partial charge in [0.05, 0.1) is 11.1 Å². The van der Waals surface area contributed by atoms with E-state index in [9.17, 15) is 8.42 Å². The standard InChI is InChI=1S/C13H19N5O2S/c1-17(2)21(19,20)13-6-4-12(5-7-13)14-8-3-10-18-11-9-15-16-18/h4-7,9,11,14H,3,8,10H2,1-2H3. The van der Waals surface area contributed by atoms with E-state index >= 15 is 0 Å². The summed E-state index contributed by atoms with van der Waals surface area (Å²) in [6.07, 6.45) is 4.37. The van der Waals surface area contributed by atoms with Crippen molar-refractivity contribution in [1.82, 2.24) is 19.3 Å². The van der Waals surface area contributed by atoms with Crippen molar-refractivity contribution in [2.45, 2.75) is 17.9 Å². The topological polar surface area (TPSA) is 80.1 Å². The number of hydrogen-bond acceptors (Lipinski definition) is 5. The first-order valence-corrected chi connectivity index (χ1v) is 8.05. The minimum Gasteiger partial charge on any atom is -0.385 e. The lowest BCUT2D eigenvalue weighted by Gasteiger charge is -2.12. The van der Waals surface area contributed by atoms with Crippen molar-refractivity contribution in [3.05, 3.63) is 36.7 Å². The first-order valence-electron chi connectivity index (χ1n) is 6.61. The van der Waals surface area contributed by atoms with Gasteiger partial charge in [-0.3, -0.25) is 4.68 Å². The van der Waals surface area contributed by atoms with E-state index in [2.05, 4.69) is 15.6 Å². The second-order valence-electron chi connectivity index (χ2n) is 4.76. The molecule has 1 aromatic carbocycles. The Labute approximate surface area is 124 Å². The summed E-state index contributed by atoms with van der Waals surface area (Å²) in [5, 5.41) is 10.9. The van der Waals surface area contributed by atoms with Crippen LogP contribution in [0.25, 0.3) is 0 Å². The number of rotatable bonds is 7. The van der Waals surface area contributed by atoms with Crippen LogP contribution in [0.5, 0.6) is 0 Å². The Hall–Kier alpha value is -1.93. The van der Waals surface area contributed by atoms with E-state index in [1.807, 2.05) is 6.20 Å². The summed E-state index contributed by atoms with van der Waals surface area (Å²) in [7, 11) is -0.322. The maximum absolute atomic E-state index is 11.9. The highest BCUT2D eigenvalue weighted by molar-refractivity contribution is 7.89. The maximum Gasteiger partial charge on any atom is 0.242 e. The van der Waals surface area contributed by atoms with Crippen molar-refractivity contribution in [2.75, 3.05) is 26.0 Å². The monoisotopic (exact) mass is 309 g/mol. The molecule has 0 aliphatic heterocycles. The molecule has 1 aromatic heterocycles. The molecule has 0 fully saturated rings. The largest absolute Gasteiger partial charge is 0.385 e. The molecule has 1 N–H and O–H groups in total. The first-order chi connectivity index (χ1) is 10.00. The molecule has 0 atom stereocenters. The third-order valence-corrected chi connectivity index (χ3v) is 4.83. The fraction of sp³-hybridized carbons (Fsp3) is 0.385. The summed E-state index contributed by atoms with van der Waals surface area (Å²) in [5.74, 6) is 0. The van der Waals surface area contributed by atoms with Gasteiger partial charge in [-0.1, -0.05) is 5.21 Å². The summed E-state index contributed by atoms with van der Waals surface area (Å²) < 4.78 is 26.8. The molecule has 0 spiro atoms. The summed E-state index contributed by atoms with van der Waals surface area (Å²) in [6.45, 7) is 1.57. The predicted octanol–water partition coefficient (Wildman–Crippen LogP) is 1.03. The van der Waals surface area contributed by atoms with Crippen LogP contribution in [0, 0.1) is 0 Å². The van der Waals surface area contributed by atoms with Crippen LogP contribution in [-0.4, -0.2) is 48.4 Å². The summed E-state index contributed by atoms with van der Waals surface area (Å²) >= 11 is 0. The molecule has 114 valence electrons. The zero-order chi connectivity index (χ0) is 15.3. The zero-order valence-corrected chi connectivity index (χ0v) is 12.9. The molecule has 0 saturated carbocycles. The number of nitrogens with zero attached hydrogens (tertiary/aromatic N) is 4. The average Bonchev–Trinajstić information content (AvgIpc) is 2.97. The molecule has 0 amide bonds. The Kier molecular flexibility index (Phi) is 4.92. The Balaban J connectivity index is 1.85. The molecule has 7 nitrogen and oxygen atoms in total. The van der Waals surface area contributed by atoms with Crippen LogP contribution >= 0.6 is 0 Å². The van der Waals surface area contributed by atoms with Crippen LogP contribution < -0.4 is 5.32 Å². The van der Waals surface area contributed by atoms with Crippen molar-refractivity contribution < 1.29 is 8.42 Å². The predicted molar refractivity (Wildman–Crippen MR) is 80.4 cm³/mol. The Morgan fingerprint density at radius 3 is 2.52 bits per heavy atom. The molecule has 2 rings (SSSR count). The molecule has 0 aliphatic carbocycles. The van der Waals surface area contributed by atoms with Gasteiger partial charge in [-0.25, -0.2) is 12.7 Å². The Morgan fingerprint density at radius 2 is 1.95 bits per heavy atom. The minimum absolute atomic E-state index is 0.292. The molecule has 1 heterocycles. The molecule has 21 heavy (non-hydrogen) atoms. The zero-order valence-electron chi connectivity index (χ0n) is 12.1. The van der Waals surface area contributed by atoms with Gasteiger partial charge in [0.15, 0.2) is 0 Å². The van der Waals surface area contributed by atoms with E-state index in [1.54, 1.807) is 35.1 Å². The number of anilines is 1. The Bertz CT molecular complexity index is 650. The van der Waals surface area contributed by atoms with Crippen LogP contribution in [0.15, 0.2) is 41.6 Å². The fourth-order valence-corrected chi connectivity index (χ4v) is 2.68. The van der Waals surface area contributed by atoms with Gasteiger partial charge >= 0.3 is 0 Å². The van der Waals surface area contributed by atoms with Gasteiger partial charge in [0, 0.05) is 39.1 Å². The number of benzene rings is 1. The van der Waals surface area contributed by atoms with E-state index in [1.165, 1.54) is 18.4 Å². The second kappa shape index (κ2) is 6.68. The van der Waals surface area contributed by atoms with Crippen molar-refractivity contribution in [3.63, 3.8) is 0 Å². The quantitative estimate of drug-likeness (QED) is 0.773. The van der Waals surface area contributed by atoms with Gasteiger partial charge in [0.2, 0.25) is 10.0 Å². The van der Waals surface area contributed by atoms with E-state index < -0.39 is 10.0 Å². The maximum atomic E-state index is 11.9. The van der Waals surface area contributed by atoms with Gasteiger partial charge in [-0.2, -0.15) is 0 Å². The lowest BCUT2D eigenvalue weighted by atomic mass is 10.3. The van der Waals surface area contributed by atoms with Gasteiger partial charge in [0.1, 0.15) is 0 Å². The van der Waals surface area contributed by atoms with Crippen molar-refractivity contribution in [2.24, 2.45) is 0 Å². The molecular formula is C13H19N5O2S. The average molecular weight is 309 g/mol. The highest BCUT2D eigenvalue weighted by Gasteiger charge is 2.16. The molecule has 0 bridgehead atoms. The summed E-state index contributed by atoms with van der Waals surface area (Å²) in [5.41, 5.74) is 0.895. The summed E-state index contributed by atoms with van der Waals surface area (Å²) in [4.78, 5) is 0.292. The molecule has 0 unspecified atom stereocenters. The molecule has 0 saturated heterocycles. The third-order valence-electron chi connectivity index (χ3n) is 3.00. The normalized spacial score (nSPS) is 11.8. The first kappa shape index (κ1) is 15.5. The summed E-state index contributed by atoms with van der Waals surface area (Å²) in [6, 6.07) is 6.75. The number of aryl methyl sites for hydroxylation is 1. The van der Waals surface area contributed by atoms with Crippen LogP contribution in [0.3, 0.4) is 0 Å². The molecule has 0 aliphatic rings. The molecule has 8 heteroatoms. The fourth-order valence-electron chi connectivity index (χ4n) is 1.78. The van der Waals surface area contributed by atoms with Crippen molar-refractivity contribution in [1.29, 1.82) is 0 Å². The lowest BCUT2D eigenvalue weighted by molar-refractivity contribution is 0.521.